The molecule has 4 nitrogen and oxygen atoms in total. The molecule has 1 aromatic carbocycles. The van der Waals surface area contributed by atoms with E-state index in [0.717, 1.165) is 5.39 Å². The molecular formula is C9H11N3O. The average Bonchev–Trinajstić information content (AvgIpc) is 2.45. The molecule has 0 spiro atoms. The first kappa shape index (κ1) is 7.91. The number of aryl methyl sites for hydroxylation is 1. The minimum atomic E-state index is 0.226. The van der Waals surface area contributed by atoms with Crippen molar-refractivity contribution < 1.29 is 5.11 Å². The number of nitrogens with two attached hydrogens (primary N) is 1. The van der Waals surface area contributed by atoms with E-state index in [1.165, 1.54) is 0 Å². The number of nitrogen functional groups attached to an aromatic ring is 1. The summed E-state index contributed by atoms with van der Waals surface area (Å²) in [6.45, 7) is 2.66. The lowest BCUT2D eigenvalue weighted by atomic mass is 10.2. The van der Waals surface area contributed by atoms with Gasteiger partial charge >= 0.3 is 0 Å². The van der Waals surface area contributed by atoms with Gasteiger partial charge in [0.15, 0.2) is 5.82 Å². The maximum absolute atomic E-state index is 9.58. The Hall–Kier alpha value is -1.71. The van der Waals surface area contributed by atoms with Gasteiger partial charge in [-0.3, -0.25) is 4.68 Å². The van der Waals surface area contributed by atoms with Crippen LogP contribution in [0.5, 0.6) is 5.75 Å². The van der Waals surface area contributed by atoms with Gasteiger partial charge in [-0.25, -0.2) is 0 Å². The summed E-state index contributed by atoms with van der Waals surface area (Å²) in [5.74, 6) is 0.691. The molecule has 2 aromatic rings. The predicted octanol–water partition coefficient (Wildman–Crippen LogP) is 1.34. The van der Waals surface area contributed by atoms with Gasteiger partial charge in [-0.15, -0.1) is 0 Å². The minimum Gasteiger partial charge on any atom is -0.506 e. The number of phenolic OH excluding ortho intramolecular Hbond substituents is 1. The lowest BCUT2D eigenvalue weighted by Gasteiger charge is -1.99. The minimum absolute atomic E-state index is 0.226. The van der Waals surface area contributed by atoms with E-state index in [9.17, 15) is 5.11 Å². The predicted molar refractivity (Wildman–Crippen MR) is 51.5 cm³/mol. The monoisotopic (exact) mass is 177 g/mol. The van der Waals surface area contributed by atoms with Crippen LogP contribution < -0.4 is 5.73 Å². The van der Waals surface area contributed by atoms with Gasteiger partial charge in [0.25, 0.3) is 0 Å². The fraction of sp³-hybridized carbons (Fsp3) is 0.222. The van der Waals surface area contributed by atoms with E-state index in [-0.39, 0.29) is 5.75 Å². The number of anilines is 1. The first-order chi connectivity index (χ1) is 6.24. The van der Waals surface area contributed by atoms with Gasteiger partial charge in [0.1, 0.15) is 11.3 Å². The second kappa shape index (κ2) is 2.65. The summed E-state index contributed by atoms with van der Waals surface area (Å²) in [7, 11) is 0. The summed E-state index contributed by atoms with van der Waals surface area (Å²) in [5.41, 5.74) is 6.39. The Morgan fingerprint density at radius 1 is 1.54 bits per heavy atom. The van der Waals surface area contributed by atoms with Crippen molar-refractivity contribution in [2.45, 2.75) is 13.5 Å². The highest BCUT2D eigenvalue weighted by Gasteiger charge is 2.09. The van der Waals surface area contributed by atoms with Crippen molar-refractivity contribution in [3.8, 4) is 5.75 Å². The second-order valence-electron chi connectivity index (χ2n) is 2.87. The smallest absolute Gasteiger partial charge is 0.153 e. The number of aromatic hydroxyl groups is 1. The number of hydrogen-bond acceptors (Lipinski definition) is 3. The summed E-state index contributed by atoms with van der Waals surface area (Å²) in [4.78, 5) is 0. The van der Waals surface area contributed by atoms with Crippen LogP contribution in [0.4, 0.5) is 5.82 Å². The molecule has 1 heterocycles. The van der Waals surface area contributed by atoms with Crippen molar-refractivity contribution in [3.05, 3.63) is 18.2 Å². The Morgan fingerprint density at radius 3 is 3.00 bits per heavy atom. The Labute approximate surface area is 75.6 Å². The molecule has 0 amide bonds. The summed E-state index contributed by atoms with van der Waals surface area (Å²) in [6.07, 6.45) is 0. The molecule has 2 rings (SSSR count). The molecule has 0 aliphatic rings. The van der Waals surface area contributed by atoms with E-state index in [4.69, 9.17) is 5.73 Å². The molecular weight excluding hydrogens is 166 g/mol. The average molecular weight is 177 g/mol. The second-order valence-corrected chi connectivity index (χ2v) is 2.87. The zero-order valence-corrected chi connectivity index (χ0v) is 7.36. The van der Waals surface area contributed by atoms with Gasteiger partial charge in [0.2, 0.25) is 0 Å². The molecule has 0 unspecified atom stereocenters. The van der Waals surface area contributed by atoms with Crippen LogP contribution in [0.25, 0.3) is 10.9 Å². The summed E-state index contributed by atoms with van der Waals surface area (Å²) in [5, 5.41) is 14.5. The van der Waals surface area contributed by atoms with Crippen LogP contribution in [0.3, 0.4) is 0 Å². The van der Waals surface area contributed by atoms with Crippen molar-refractivity contribution in [2.75, 3.05) is 5.73 Å². The Kier molecular flexibility index (Phi) is 1.62. The molecule has 0 saturated heterocycles. The third kappa shape index (κ3) is 1.02. The van der Waals surface area contributed by atoms with Crippen LogP contribution in [0.1, 0.15) is 6.92 Å². The Balaban J connectivity index is 2.89. The summed E-state index contributed by atoms with van der Waals surface area (Å²) in [6, 6.07) is 5.24. The number of rotatable bonds is 1. The number of aromatic nitrogens is 2. The van der Waals surface area contributed by atoms with Crippen molar-refractivity contribution >= 4 is 16.7 Å². The van der Waals surface area contributed by atoms with Crippen molar-refractivity contribution in [1.82, 2.24) is 9.78 Å². The largest absolute Gasteiger partial charge is 0.506 e. The Bertz CT molecular complexity index is 447. The number of fused-ring (bicyclic) bond motifs is 1. The molecule has 0 radical (unpaired) electrons. The topological polar surface area (TPSA) is 64.1 Å². The van der Waals surface area contributed by atoms with Gasteiger partial charge in [-0.1, -0.05) is 6.07 Å². The molecule has 0 fully saturated rings. The SMILES string of the molecule is CCn1nc(N)c2cccc(O)c21. The zero-order valence-electron chi connectivity index (χ0n) is 7.36. The van der Waals surface area contributed by atoms with Crippen LogP contribution in [-0.4, -0.2) is 14.9 Å². The maximum Gasteiger partial charge on any atom is 0.153 e. The molecule has 13 heavy (non-hydrogen) atoms. The lowest BCUT2D eigenvalue weighted by molar-refractivity contribution is 0.476. The standard InChI is InChI=1S/C9H11N3O/c1-2-12-8-6(9(10)11-12)4-3-5-7(8)13/h3-5,13H,2H2,1H3,(H2,10,11). The van der Waals surface area contributed by atoms with Crippen molar-refractivity contribution in [3.63, 3.8) is 0 Å². The molecule has 1 aromatic heterocycles. The highest BCUT2D eigenvalue weighted by atomic mass is 16.3. The summed E-state index contributed by atoms with van der Waals surface area (Å²) < 4.78 is 1.69. The number of phenols is 1. The number of hydrogen-bond donors (Lipinski definition) is 2. The van der Waals surface area contributed by atoms with Gasteiger partial charge in [-0.05, 0) is 19.1 Å². The van der Waals surface area contributed by atoms with Crippen LogP contribution >= 0.6 is 0 Å². The molecule has 0 aliphatic carbocycles. The molecule has 4 heteroatoms. The van der Waals surface area contributed by atoms with Gasteiger partial charge in [0, 0.05) is 11.9 Å². The Morgan fingerprint density at radius 2 is 2.31 bits per heavy atom. The fourth-order valence-electron chi connectivity index (χ4n) is 1.47. The quantitative estimate of drug-likeness (QED) is 0.691. The number of para-hydroxylation sites is 1. The highest BCUT2D eigenvalue weighted by Crippen LogP contribution is 2.27. The lowest BCUT2D eigenvalue weighted by Crippen LogP contribution is -1.96. The van der Waals surface area contributed by atoms with Crippen molar-refractivity contribution in [1.29, 1.82) is 0 Å². The van der Waals surface area contributed by atoms with E-state index in [2.05, 4.69) is 5.10 Å². The molecule has 0 aliphatic heterocycles. The molecule has 0 saturated carbocycles. The molecule has 68 valence electrons. The summed E-state index contributed by atoms with van der Waals surface area (Å²) >= 11 is 0. The van der Waals surface area contributed by atoms with Gasteiger partial charge in [0.05, 0.1) is 0 Å². The third-order valence-electron chi connectivity index (χ3n) is 2.08. The van der Waals surface area contributed by atoms with E-state index in [1.54, 1.807) is 16.8 Å². The molecule has 0 bridgehead atoms. The van der Waals surface area contributed by atoms with Crippen LogP contribution in [0.2, 0.25) is 0 Å². The van der Waals surface area contributed by atoms with Crippen molar-refractivity contribution in [2.24, 2.45) is 0 Å². The van der Waals surface area contributed by atoms with Crippen LogP contribution in [0.15, 0.2) is 18.2 Å². The fourth-order valence-corrected chi connectivity index (χ4v) is 1.47. The van der Waals surface area contributed by atoms with E-state index in [0.29, 0.717) is 17.9 Å². The van der Waals surface area contributed by atoms with Gasteiger partial charge < -0.3 is 10.8 Å². The molecule has 3 N–H and O–H groups in total. The first-order valence-electron chi connectivity index (χ1n) is 4.18. The first-order valence-corrected chi connectivity index (χ1v) is 4.18. The van der Waals surface area contributed by atoms with Crippen LogP contribution in [-0.2, 0) is 6.54 Å². The maximum atomic E-state index is 9.58. The van der Waals surface area contributed by atoms with Gasteiger partial charge in [-0.2, -0.15) is 5.10 Å². The van der Waals surface area contributed by atoms with E-state index < -0.39 is 0 Å². The molecule has 0 atom stereocenters. The highest BCUT2D eigenvalue weighted by molar-refractivity contribution is 5.93. The van der Waals surface area contributed by atoms with E-state index >= 15 is 0 Å². The normalized spacial score (nSPS) is 10.8. The van der Waals surface area contributed by atoms with Crippen LogP contribution in [0, 0.1) is 0 Å². The number of nitrogens with zero attached hydrogens (tertiary/aromatic N) is 2. The zero-order chi connectivity index (χ0) is 9.42. The number of benzene rings is 1. The van der Waals surface area contributed by atoms with E-state index in [1.807, 2.05) is 13.0 Å². The third-order valence-corrected chi connectivity index (χ3v) is 2.08.